The highest BCUT2D eigenvalue weighted by atomic mass is 32.1. The maximum absolute atomic E-state index is 12.5. The number of carboxylic acids is 1. The first-order chi connectivity index (χ1) is 12.7. The van der Waals surface area contributed by atoms with Gasteiger partial charge in [0.25, 0.3) is 11.5 Å². The highest BCUT2D eigenvalue weighted by molar-refractivity contribution is 7.17. The van der Waals surface area contributed by atoms with E-state index in [0.717, 1.165) is 29.0 Å². The van der Waals surface area contributed by atoms with Crippen LogP contribution in [0.3, 0.4) is 0 Å². The van der Waals surface area contributed by atoms with Crippen molar-refractivity contribution in [1.82, 2.24) is 20.1 Å². The molecule has 0 radical (unpaired) electrons. The summed E-state index contributed by atoms with van der Waals surface area (Å²) in [6.45, 7) is 7.27. The van der Waals surface area contributed by atoms with E-state index in [4.69, 9.17) is 0 Å². The highest BCUT2D eigenvalue weighted by Crippen LogP contribution is 2.28. The minimum Gasteiger partial charge on any atom is -0.481 e. The molecular weight excluding hydrogens is 368 g/mol. The standard InChI is InChI=1S/C18H24N4O4S/c1-6-7-12(18(25)26)8-19-15(23)14-11(4)20-16(27-14)13-9(2)10(3)21-22(5)17(13)24/h12H,6-8H2,1-5H3,(H,19,23)(H,25,26). The summed E-state index contributed by atoms with van der Waals surface area (Å²) in [6, 6.07) is 0. The molecule has 0 spiro atoms. The topological polar surface area (TPSA) is 114 Å². The highest BCUT2D eigenvalue weighted by Gasteiger charge is 2.23. The summed E-state index contributed by atoms with van der Waals surface area (Å²) in [5, 5.41) is 16.5. The monoisotopic (exact) mass is 392 g/mol. The zero-order valence-electron chi connectivity index (χ0n) is 16.1. The van der Waals surface area contributed by atoms with E-state index in [1.54, 1.807) is 20.9 Å². The number of hydrogen-bond acceptors (Lipinski definition) is 6. The Morgan fingerprint density at radius 2 is 1.93 bits per heavy atom. The van der Waals surface area contributed by atoms with Crippen LogP contribution in [0.5, 0.6) is 0 Å². The molecule has 9 heteroatoms. The van der Waals surface area contributed by atoms with Crippen LogP contribution in [0.4, 0.5) is 0 Å². The molecule has 0 saturated carbocycles. The number of nitrogens with zero attached hydrogens (tertiary/aromatic N) is 3. The first kappa shape index (κ1) is 20.8. The van der Waals surface area contributed by atoms with E-state index in [2.05, 4.69) is 15.4 Å². The van der Waals surface area contributed by atoms with Gasteiger partial charge in [0.1, 0.15) is 9.88 Å². The van der Waals surface area contributed by atoms with Gasteiger partial charge in [0.15, 0.2) is 0 Å². The normalized spacial score (nSPS) is 12.0. The zero-order valence-corrected chi connectivity index (χ0v) is 16.9. The quantitative estimate of drug-likeness (QED) is 0.745. The third kappa shape index (κ3) is 4.41. The van der Waals surface area contributed by atoms with Crippen LogP contribution in [0.1, 0.15) is 46.4 Å². The Labute approximate surface area is 161 Å². The first-order valence-electron chi connectivity index (χ1n) is 8.70. The van der Waals surface area contributed by atoms with E-state index < -0.39 is 11.9 Å². The summed E-state index contributed by atoms with van der Waals surface area (Å²) in [6.07, 6.45) is 1.22. The van der Waals surface area contributed by atoms with E-state index >= 15 is 0 Å². The Morgan fingerprint density at radius 1 is 1.26 bits per heavy atom. The smallest absolute Gasteiger partial charge is 0.308 e. The predicted molar refractivity (Wildman–Crippen MR) is 103 cm³/mol. The molecule has 0 saturated heterocycles. The molecular formula is C18H24N4O4S. The van der Waals surface area contributed by atoms with Crippen molar-refractivity contribution in [2.24, 2.45) is 13.0 Å². The molecule has 0 aliphatic rings. The molecule has 0 aliphatic carbocycles. The van der Waals surface area contributed by atoms with Crippen LogP contribution in [-0.4, -0.2) is 38.3 Å². The number of hydrogen-bond donors (Lipinski definition) is 2. The molecule has 0 fully saturated rings. The summed E-state index contributed by atoms with van der Waals surface area (Å²) >= 11 is 1.13. The Kier molecular flexibility index (Phi) is 6.48. The molecule has 1 atom stereocenters. The molecule has 2 rings (SSSR count). The van der Waals surface area contributed by atoms with Gasteiger partial charge in [-0.2, -0.15) is 5.10 Å². The number of aryl methyl sites for hydroxylation is 3. The van der Waals surface area contributed by atoms with Crippen molar-refractivity contribution in [3.8, 4) is 10.6 Å². The summed E-state index contributed by atoms with van der Waals surface area (Å²) in [5.41, 5.74) is 2.12. The third-order valence-electron chi connectivity index (χ3n) is 4.44. The van der Waals surface area contributed by atoms with Crippen molar-refractivity contribution >= 4 is 23.2 Å². The van der Waals surface area contributed by atoms with Crippen molar-refractivity contribution in [3.63, 3.8) is 0 Å². The molecule has 0 aliphatic heterocycles. The van der Waals surface area contributed by atoms with E-state index in [0.29, 0.717) is 27.6 Å². The van der Waals surface area contributed by atoms with Crippen LogP contribution < -0.4 is 10.9 Å². The lowest BCUT2D eigenvalue weighted by molar-refractivity contribution is -0.141. The molecule has 1 amide bonds. The second-order valence-corrected chi connectivity index (χ2v) is 7.48. The molecule has 146 valence electrons. The number of aliphatic carboxylic acids is 1. The molecule has 0 bridgehead atoms. The summed E-state index contributed by atoms with van der Waals surface area (Å²) in [5.74, 6) is -1.92. The maximum atomic E-state index is 12.5. The minimum atomic E-state index is -0.926. The average Bonchev–Trinajstić information content (AvgIpc) is 2.98. The number of rotatable bonds is 7. The van der Waals surface area contributed by atoms with Crippen LogP contribution in [0, 0.1) is 26.7 Å². The summed E-state index contributed by atoms with van der Waals surface area (Å²) < 4.78 is 1.26. The van der Waals surface area contributed by atoms with Gasteiger partial charge >= 0.3 is 5.97 Å². The van der Waals surface area contributed by atoms with Crippen molar-refractivity contribution in [2.75, 3.05) is 6.54 Å². The first-order valence-corrected chi connectivity index (χ1v) is 9.52. The minimum absolute atomic E-state index is 0.0594. The number of aromatic nitrogens is 3. The molecule has 2 heterocycles. The number of carbonyl (C=O) groups is 2. The lowest BCUT2D eigenvalue weighted by atomic mass is 10.0. The second-order valence-electron chi connectivity index (χ2n) is 6.48. The van der Waals surface area contributed by atoms with Gasteiger partial charge in [-0.1, -0.05) is 13.3 Å². The number of thiazole rings is 1. The predicted octanol–water partition coefficient (Wildman–Crippen LogP) is 2.06. The van der Waals surface area contributed by atoms with Gasteiger partial charge in [-0.25, -0.2) is 9.67 Å². The van der Waals surface area contributed by atoms with E-state index in [1.165, 1.54) is 4.68 Å². The van der Waals surface area contributed by atoms with Crippen molar-refractivity contribution in [1.29, 1.82) is 0 Å². The Bertz CT molecular complexity index is 932. The van der Waals surface area contributed by atoms with E-state index in [9.17, 15) is 19.5 Å². The Balaban J connectivity index is 2.31. The fourth-order valence-electron chi connectivity index (χ4n) is 2.77. The van der Waals surface area contributed by atoms with Crippen molar-refractivity contribution in [2.45, 2.75) is 40.5 Å². The lowest BCUT2D eigenvalue weighted by Crippen LogP contribution is -2.32. The number of carboxylic acid groups (broad SMARTS) is 1. The third-order valence-corrected chi connectivity index (χ3v) is 5.61. The zero-order chi connectivity index (χ0) is 20.3. The molecule has 2 aromatic rings. The van der Waals surface area contributed by atoms with Crippen LogP contribution >= 0.6 is 11.3 Å². The molecule has 2 aromatic heterocycles. The van der Waals surface area contributed by atoms with Gasteiger partial charge in [0.2, 0.25) is 0 Å². The second kappa shape index (κ2) is 8.43. The number of nitrogens with one attached hydrogen (secondary N) is 1. The van der Waals surface area contributed by atoms with Crippen LogP contribution in [0.25, 0.3) is 10.6 Å². The largest absolute Gasteiger partial charge is 0.481 e. The molecule has 2 N–H and O–H groups in total. The van der Waals surface area contributed by atoms with E-state index in [-0.39, 0.29) is 18.0 Å². The van der Waals surface area contributed by atoms with Gasteiger partial charge in [-0.15, -0.1) is 11.3 Å². The van der Waals surface area contributed by atoms with E-state index in [1.807, 2.05) is 13.8 Å². The maximum Gasteiger partial charge on any atom is 0.308 e. The van der Waals surface area contributed by atoms with Crippen LogP contribution in [-0.2, 0) is 11.8 Å². The van der Waals surface area contributed by atoms with Crippen molar-refractivity contribution < 1.29 is 14.7 Å². The average molecular weight is 392 g/mol. The molecule has 1 unspecified atom stereocenters. The van der Waals surface area contributed by atoms with Crippen LogP contribution in [0.15, 0.2) is 4.79 Å². The SMILES string of the molecule is CCCC(CNC(=O)c1sc(-c2c(C)c(C)nn(C)c2=O)nc1C)C(=O)O. The Hall–Kier alpha value is -2.55. The summed E-state index contributed by atoms with van der Waals surface area (Å²) in [4.78, 5) is 41.0. The molecule has 8 nitrogen and oxygen atoms in total. The number of amides is 1. The molecule has 27 heavy (non-hydrogen) atoms. The van der Waals surface area contributed by atoms with Gasteiger partial charge < -0.3 is 10.4 Å². The fourth-order valence-corrected chi connectivity index (χ4v) is 3.85. The summed E-state index contributed by atoms with van der Waals surface area (Å²) in [7, 11) is 1.58. The van der Waals surface area contributed by atoms with Gasteiger partial charge in [0.05, 0.1) is 22.9 Å². The van der Waals surface area contributed by atoms with Gasteiger partial charge in [0, 0.05) is 13.6 Å². The lowest BCUT2D eigenvalue weighted by Gasteiger charge is -2.11. The van der Waals surface area contributed by atoms with Crippen molar-refractivity contribution in [3.05, 3.63) is 32.2 Å². The Morgan fingerprint density at radius 3 is 2.52 bits per heavy atom. The molecule has 0 aromatic carbocycles. The van der Waals surface area contributed by atoms with Crippen LogP contribution in [0.2, 0.25) is 0 Å². The fraction of sp³-hybridized carbons (Fsp3) is 0.500. The van der Waals surface area contributed by atoms with Gasteiger partial charge in [-0.3, -0.25) is 14.4 Å². The number of carbonyl (C=O) groups excluding carboxylic acids is 1. The van der Waals surface area contributed by atoms with Gasteiger partial charge in [-0.05, 0) is 32.8 Å².